The van der Waals surface area contributed by atoms with Gasteiger partial charge in [0.25, 0.3) is 0 Å². The molecular formula is C22H26ClFN2O2. The third-order valence-corrected chi connectivity index (χ3v) is 4.75. The Morgan fingerprint density at radius 2 is 1.75 bits per heavy atom. The van der Waals surface area contributed by atoms with Crippen molar-refractivity contribution in [1.82, 2.24) is 10.2 Å². The Bertz CT molecular complexity index is 808. The predicted molar refractivity (Wildman–Crippen MR) is 109 cm³/mol. The zero-order valence-corrected chi connectivity index (χ0v) is 17.2. The van der Waals surface area contributed by atoms with Crippen molar-refractivity contribution in [3.05, 3.63) is 70.5 Å². The van der Waals surface area contributed by atoms with Crippen LogP contribution < -0.4 is 5.32 Å². The fraction of sp³-hybridized carbons (Fsp3) is 0.364. The van der Waals surface area contributed by atoms with E-state index < -0.39 is 6.04 Å². The third-order valence-electron chi connectivity index (χ3n) is 4.38. The van der Waals surface area contributed by atoms with Gasteiger partial charge in [-0.25, -0.2) is 4.39 Å². The molecule has 28 heavy (non-hydrogen) atoms. The largest absolute Gasteiger partial charge is 0.352 e. The lowest BCUT2D eigenvalue weighted by Gasteiger charge is -2.31. The average Bonchev–Trinajstić information content (AvgIpc) is 2.64. The Morgan fingerprint density at radius 1 is 1.11 bits per heavy atom. The molecule has 0 radical (unpaired) electrons. The molecule has 0 saturated heterocycles. The highest BCUT2D eigenvalue weighted by Crippen LogP contribution is 2.20. The summed E-state index contributed by atoms with van der Waals surface area (Å²) in [5.41, 5.74) is 1.46. The van der Waals surface area contributed by atoms with Crippen LogP contribution in [0.15, 0.2) is 48.5 Å². The number of rotatable bonds is 8. The molecule has 2 rings (SSSR count). The van der Waals surface area contributed by atoms with Crippen LogP contribution in [0.5, 0.6) is 0 Å². The second kappa shape index (κ2) is 10.2. The first-order valence-corrected chi connectivity index (χ1v) is 9.77. The van der Waals surface area contributed by atoms with E-state index in [0.29, 0.717) is 17.0 Å². The highest BCUT2D eigenvalue weighted by Gasteiger charge is 2.29. The molecule has 1 N–H and O–H groups in total. The van der Waals surface area contributed by atoms with Crippen LogP contribution in [0.2, 0.25) is 5.02 Å². The normalized spacial score (nSPS) is 11.9. The van der Waals surface area contributed by atoms with Crippen LogP contribution in [0.3, 0.4) is 0 Å². The Labute approximate surface area is 170 Å². The standard InChI is InChI=1S/C22H26ClFN2O2/c1-4-20(22(28)25-15(2)3)26(14-17-7-5-6-8-19(17)23)21(27)13-16-9-11-18(24)12-10-16/h5-12,15,20H,4,13-14H2,1-3H3,(H,25,28). The summed E-state index contributed by atoms with van der Waals surface area (Å²) in [6, 6.07) is 12.4. The van der Waals surface area contributed by atoms with E-state index in [9.17, 15) is 14.0 Å². The van der Waals surface area contributed by atoms with Crippen LogP contribution in [0.25, 0.3) is 0 Å². The third kappa shape index (κ3) is 6.06. The van der Waals surface area contributed by atoms with Gasteiger partial charge < -0.3 is 10.2 Å². The Morgan fingerprint density at radius 3 is 2.32 bits per heavy atom. The van der Waals surface area contributed by atoms with Crippen LogP contribution in [-0.4, -0.2) is 28.8 Å². The van der Waals surface area contributed by atoms with Crippen LogP contribution in [0, 0.1) is 5.82 Å². The zero-order valence-electron chi connectivity index (χ0n) is 16.4. The van der Waals surface area contributed by atoms with Gasteiger partial charge in [0.05, 0.1) is 6.42 Å². The summed E-state index contributed by atoms with van der Waals surface area (Å²) in [5.74, 6) is -0.763. The summed E-state index contributed by atoms with van der Waals surface area (Å²) >= 11 is 6.28. The first kappa shape index (κ1) is 21.9. The summed E-state index contributed by atoms with van der Waals surface area (Å²) in [4.78, 5) is 27.4. The first-order chi connectivity index (χ1) is 13.3. The van der Waals surface area contributed by atoms with Crippen molar-refractivity contribution in [2.24, 2.45) is 0 Å². The first-order valence-electron chi connectivity index (χ1n) is 9.39. The second-order valence-corrected chi connectivity index (χ2v) is 7.41. The number of carbonyl (C=O) groups excluding carboxylic acids is 2. The molecule has 150 valence electrons. The number of carbonyl (C=O) groups is 2. The number of hydrogen-bond acceptors (Lipinski definition) is 2. The van der Waals surface area contributed by atoms with Crippen molar-refractivity contribution in [3.63, 3.8) is 0 Å². The highest BCUT2D eigenvalue weighted by molar-refractivity contribution is 6.31. The molecule has 0 spiro atoms. The van der Waals surface area contributed by atoms with Gasteiger partial charge in [-0.2, -0.15) is 0 Å². The highest BCUT2D eigenvalue weighted by atomic mass is 35.5. The number of nitrogens with zero attached hydrogens (tertiary/aromatic N) is 1. The minimum absolute atomic E-state index is 0.0316. The predicted octanol–water partition coefficient (Wildman–Crippen LogP) is 4.35. The van der Waals surface area contributed by atoms with E-state index in [1.165, 1.54) is 12.1 Å². The zero-order chi connectivity index (χ0) is 20.7. The van der Waals surface area contributed by atoms with Gasteiger partial charge in [0, 0.05) is 17.6 Å². The van der Waals surface area contributed by atoms with Crippen molar-refractivity contribution < 1.29 is 14.0 Å². The van der Waals surface area contributed by atoms with Crippen molar-refractivity contribution in [3.8, 4) is 0 Å². The summed E-state index contributed by atoms with van der Waals surface area (Å²) in [6.07, 6.45) is 0.550. The van der Waals surface area contributed by atoms with E-state index in [0.717, 1.165) is 5.56 Å². The lowest BCUT2D eigenvalue weighted by Crippen LogP contribution is -2.50. The lowest BCUT2D eigenvalue weighted by atomic mass is 10.1. The number of benzene rings is 2. The maximum atomic E-state index is 13.2. The van der Waals surface area contributed by atoms with Crippen molar-refractivity contribution in [2.75, 3.05) is 0 Å². The molecule has 1 atom stereocenters. The molecule has 2 aromatic carbocycles. The molecule has 0 fully saturated rings. The molecule has 0 aliphatic heterocycles. The monoisotopic (exact) mass is 404 g/mol. The molecule has 4 nitrogen and oxygen atoms in total. The Kier molecular flexibility index (Phi) is 8.00. The lowest BCUT2D eigenvalue weighted by molar-refractivity contribution is -0.141. The number of hydrogen-bond donors (Lipinski definition) is 1. The van der Waals surface area contributed by atoms with E-state index in [-0.39, 0.29) is 36.6 Å². The molecule has 1 unspecified atom stereocenters. The quantitative estimate of drug-likeness (QED) is 0.710. The molecule has 0 saturated carbocycles. The molecular weight excluding hydrogens is 379 g/mol. The minimum atomic E-state index is -0.619. The van der Waals surface area contributed by atoms with Gasteiger partial charge in [0.15, 0.2) is 0 Å². The topological polar surface area (TPSA) is 49.4 Å². The van der Waals surface area contributed by atoms with Gasteiger partial charge in [-0.15, -0.1) is 0 Å². The minimum Gasteiger partial charge on any atom is -0.352 e. The van der Waals surface area contributed by atoms with Crippen molar-refractivity contribution in [2.45, 2.75) is 52.2 Å². The van der Waals surface area contributed by atoms with Gasteiger partial charge in [0.2, 0.25) is 11.8 Å². The molecule has 6 heteroatoms. The smallest absolute Gasteiger partial charge is 0.243 e. The Hall–Kier alpha value is -2.40. The van der Waals surface area contributed by atoms with Gasteiger partial charge >= 0.3 is 0 Å². The van der Waals surface area contributed by atoms with Crippen LogP contribution >= 0.6 is 11.6 Å². The summed E-state index contributed by atoms with van der Waals surface area (Å²) in [6.45, 7) is 5.85. The molecule has 2 aromatic rings. The second-order valence-electron chi connectivity index (χ2n) is 7.00. The summed E-state index contributed by atoms with van der Waals surface area (Å²) in [7, 11) is 0. The maximum Gasteiger partial charge on any atom is 0.243 e. The fourth-order valence-corrected chi connectivity index (χ4v) is 3.18. The molecule has 0 aromatic heterocycles. The maximum absolute atomic E-state index is 13.2. The van der Waals surface area contributed by atoms with Crippen molar-refractivity contribution >= 4 is 23.4 Å². The summed E-state index contributed by atoms with van der Waals surface area (Å²) in [5, 5.41) is 3.43. The van der Waals surface area contributed by atoms with Crippen LogP contribution in [-0.2, 0) is 22.6 Å². The van der Waals surface area contributed by atoms with Crippen LogP contribution in [0.1, 0.15) is 38.3 Å². The number of nitrogens with one attached hydrogen (secondary N) is 1. The van der Waals surface area contributed by atoms with E-state index in [4.69, 9.17) is 11.6 Å². The summed E-state index contributed by atoms with van der Waals surface area (Å²) < 4.78 is 13.2. The number of amides is 2. The molecule has 2 amide bonds. The van der Waals surface area contributed by atoms with E-state index in [1.54, 1.807) is 23.1 Å². The van der Waals surface area contributed by atoms with Gasteiger partial charge in [-0.3, -0.25) is 9.59 Å². The van der Waals surface area contributed by atoms with Gasteiger partial charge in [0.1, 0.15) is 11.9 Å². The molecule has 0 bridgehead atoms. The molecule has 0 aliphatic carbocycles. The Balaban J connectivity index is 2.30. The molecule has 0 heterocycles. The SMILES string of the molecule is CCC(C(=O)NC(C)C)N(Cc1ccccc1Cl)C(=O)Cc1ccc(F)cc1. The van der Waals surface area contributed by atoms with Gasteiger partial charge in [-0.05, 0) is 49.6 Å². The van der Waals surface area contributed by atoms with Gasteiger partial charge in [-0.1, -0.05) is 48.9 Å². The number of halogens is 2. The molecule has 0 aliphatic rings. The van der Waals surface area contributed by atoms with Crippen LogP contribution in [0.4, 0.5) is 4.39 Å². The fourth-order valence-electron chi connectivity index (χ4n) is 2.99. The average molecular weight is 405 g/mol. The van der Waals surface area contributed by atoms with E-state index >= 15 is 0 Å². The van der Waals surface area contributed by atoms with E-state index in [2.05, 4.69) is 5.32 Å². The van der Waals surface area contributed by atoms with Crippen molar-refractivity contribution in [1.29, 1.82) is 0 Å². The van der Waals surface area contributed by atoms with E-state index in [1.807, 2.05) is 39.0 Å².